The molecule has 7 heteroatoms. The van der Waals surface area contributed by atoms with Gasteiger partial charge >= 0.3 is 0 Å². The van der Waals surface area contributed by atoms with E-state index in [9.17, 15) is 12.8 Å². The second kappa shape index (κ2) is 6.92. The summed E-state index contributed by atoms with van der Waals surface area (Å²) in [6.07, 6.45) is 1.18. The first-order valence-corrected chi connectivity index (χ1v) is 7.78. The number of hydrogen-bond acceptors (Lipinski definition) is 4. The van der Waals surface area contributed by atoms with Crippen molar-refractivity contribution < 1.29 is 17.5 Å². The Balaban J connectivity index is 2.22. The van der Waals surface area contributed by atoms with Crippen molar-refractivity contribution in [2.24, 2.45) is 0 Å². The molecule has 0 aromatic heterocycles. The van der Waals surface area contributed by atoms with Crippen LogP contribution in [0.3, 0.4) is 0 Å². The summed E-state index contributed by atoms with van der Waals surface area (Å²) in [6.45, 7) is 1.19. The third-order valence-electron chi connectivity index (χ3n) is 2.08. The minimum Gasteiger partial charge on any atom is -0.491 e. The fourth-order valence-corrected chi connectivity index (χ4v) is 1.94. The molecule has 0 amide bonds. The van der Waals surface area contributed by atoms with E-state index in [0.717, 1.165) is 0 Å². The Labute approximate surface area is 111 Å². The van der Waals surface area contributed by atoms with Gasteiger partial charge in [0.05, 0.1) is 10.8 Å². The van der Waals surface area contributed by atoms with Gasteiger partial charge in [0, 0.05) is 19.3 Å². The number of nitrogens with one attached hydrogen (secondary N) is 1. The van der Waals surface area contributed by atoms with Crippen LogP contribution in [-0.2, 0) is 9.84 Å². The third-order valence-corrected chi connectivity index (χ3v) is 3.32. The molecule has 0 unspecified atom stereocenters. The number of ether oxygens (including phenoxy) is 1. The van der Waals surface area contributed by atoms with Gasteiger partial charge in [-0.3, -0.25) is 0 Å². The van der Waals surface area contributed by atoms with Crippen molar-refractivity contribution in [1.29, 1.82) is 0 Å². The molecule has 0 spiro atoms. The molecule has 0 atom stereocenters. The zero-order valence-electron chi connectivity index (χ0n) is 9.95. The van der Waals surface area contributed by atoms with E-state index < -0.39 is 15.7 Å². The molecular weight excluding hydrogens is 281 g/mol. The van der Waals surface area contributed by atoms with Crippen molar-refractivity contribution in [2.75, 3.05) is 31.7 Å². The van der Waals surface area contributed by atoms with Crippen LogP contribution < -0.4 is 10.1 Å². The lowest BCUT2D eigenvalue weighted by Crippen LogP contribution is -2.26. The molecule has 0 aliphatic heterocycles. The minimum absolute atomic E-state index is 0.0876. The monoisotopic (exact) mass is 295 g/mol. The largest absolute Gasteiger partial charge is 0.491 e. The normalized spacial score (nSPS) is 11.5. The first-order valence-electron chi connectivity index (χ1n) is 5.35. The van der Waals surface area contributed by atoms with Gasteiger partial charge in [-0.15, -0.1) is 0 Å². The minimum atomic E-state index is -2.94. The summed E-state index contributed by atoms with van der Waals surface area (Å²) in [5.74, 6) is 0.0752. The van der Waals surface area contributed by atoms with E-state index in [4.69, 9.17) is 16.3 Å². The van der Waals surface area contributed by atoms with E-state index in [0.29, 0.717) is 25.4 Å². The van der Waals surface area contributed by atoms with Gasteiger partial charge in [0.15, 0.2) is 0 Å². The SMILES string of the molecule is CS(=O)(=O)CCNCCOc1ccc(F)cc1Cl. The lowest BCUT2D eigenvalue weighted by molar-refractivity contribution is 0.315. The molecule has 0 saturated carbocycles. The molecule has 0 heterocycles. The highest BCUT2D eigenvalue weighted by atomic mass is 35.5. The van der Waals surface area contributed by atoms with E-state index in [2.05, 4.69) is 5.32 Å². The number of sulfone groups is 1. The number of benzene rings is 1. The molecule has 0 aliphatic rings. The number of rotatable bonds is 7. The zero-order chi connectivity index (χ0) is 13.6. The molecule has 0 fully saturated rings. The molecule has 1 aromatic rings. The third kappa shape index (κ3) is 6.18. The highest BCUT2D eigenvalue weighted by Gasteiger charge is 2.03. The second-order valence-electron chi connectivity index (χ2n) is 3.80. The average Bonchev–Trinajstić information content (AvgIpc) is 2.24. The molecule has 0 aliphatic carbocycles. The van der Waals surface area contributed by atoms with Crippen LogP contribution >= 0.6 is 11.6 Å². The molecule has 1 aromatic carbocycles. The van der Waals surface area contributed by atoms with E-state index >= 15 is 0 Å². The molecule has 18 heavy (non-hydrogen) atoms. The lowest BCUT2D eigenvalue weighted by atomic mass is 10.3. The van der Waals surface area contributed by atoms with Crippen molar-refractivity contribution in [3.05, 3.63) is 29.0 Å². The van der Waals surface area contributed by atoms with E-state index in [1.54, 1.807) is 0 Å². The molecule has 0 saturated heterocycles. The quantitative estimate of drug-likeness (QED) is 0.775. The van der Waals surface area contributed by atoms with Crippen LogP contribution in [0.25, 0.3) is 0 Å². The maximum atomic E-state index is 12.7. The summed E-state index contributed by atoms with van der Waals surface area (Å²) >= 11 is 5.76. The smallest absolute Gasteiger partial charge is 0.148 e. The lowest BCUT2D eigenvalue weighted by Gasteiger charge is -2.08. The van der Waals surface area contributed by atoms with Crippen LogP contribution in [0.2, 0.25) is 5.02 Å². The van der Waals surface area contributed by atoms with Gasteiger partial charge in [-0.05, 0) is 18.2 Å². The Morgan fingerprint density at radius 2 is 2.11 bits per heavy atom. The summed E-state index contributed by atoms with van der Waals surface area (Å²) in [7, 11) is -2.94. The fraction of sp³-hybridized carbons (Fsp3) is 0.455. The Morgan fingerprint density at radius 3 is 2.72 bits per heavy atom. The molecule has 1 N–H and O–H groups in total. The van der Waals surface area contributed by atoms with Crippen LogP contribution in [0.5, 0.6) is 5.75 Å². The molecular formula is C11H15ClFNO3S. The van der Waals surface area contributed by atoms with Gasteiger partial charge in [-0.2, -0.15) is 0 Å². The summed E-state index contributed by atoms with van der Waals surface area (Å²) in [6, 6.07) is 3.89. The Bertz CT molecular complexity index is 493. The highest BCUT2D eigenvalue weighted by molar-refractivity contribution is 7.90. The Kier molecular flexibility index (Phi) is 5.84. The Morgan fingerprint density at radius 1 is 1.39 bits per heavy atom. The van der Waals surface area contributed by atoms with Crippen molar-refractivity contribution >= 4 is 21.4 Å². The molecule has 4 nitrogen and oxygen atoms in total. The van der Waals surface area contributed by atoms with Gasteiger partial charge in [0.1, 0.15) is 28.0 Å². The molecule has 0 bridgehead atoms. The van der Waals surface area contributed by atoms with Crippen molar-refractivity contribution in [3.8, 4) is 5.75 Å². The predicted molar refractivity (Wildman–Crippen MR) is 69.5 cm³/mol. The molecule has 102 valence electrons. The van der Waals surface area contributed by atoms with Gasteiger partial charge in [-0.25, -0.2) is 12.8 Å². The zero-order valence-corrected chi connectivity index (χ0v) is 11.5. The number of hydrogen-bond donors (Lipinski definition) is 1. The van der Waals surface area contributed by atoms with Gasteiger partial charge in [0.2, 0.25) is 0 Å². The average molecular weight is 296 g/mol. The van der Waals surface area contributed by atoms with Crippen LogP contribution in [-0.4, -0.2) is 40.1 Å². The molecule has 0 radical (unpaired) electrons. The maximum Gasteiger partial charge on any atom is 0.148 e. The van der Waals surface area contributed by atoms with Crippen molar-refractivity contribution in [2.45, 2.75) is 0 Å². The standard InChI is InChI=1S/C11H15ClFNO3S/c1-18(15,16)7-5-14-4-6-17-11-3-2-9(13)8-10(11)12/h2-3,8,14H,4-7H2,1H3. The van der Waals surface area contributed by atoms with E-state index in [-0.39, 0.29) is 10.8 Å². The highest BCUT2D eigenvalue weighted by Crippen LogP contribution is 2.24. The summed E-state index contributed by atoms with van der Waals surface area (Å²) in [5, 5.41) is 3.14. The van der Waals surface area contributed by atoms with E-state index in [1.165, 1.54) is 24.5 Å². The van der Waals surface area contributed by atoms with Crippen LogP contribution in [0, 0.1) is 5.82 Å². The van der Waals surface area contributed by atoms with Gasteiger partial charge < -0.3 is 10.1 Å². The van der Waals surface area contributed by atoms with Gasteiger partial charge in [0.25, 0.3) is 0 Å². The maximum absolute atomic E-state index is 12.7. The Hall–Kier alpha value is -0.850. The van der Waals surface area contributed by atoms with Gasteiger partial charge in [-0.1, -0.05) is 11.6 Å². The van der Waals surface area contributed by atoms with Crippen molar-refractivity contribution in [3.63, 3.8) is 0 Å². The summed E-state index contributed by atoms with van der Waals surface area (Å²) in [5.41, 5.74) is 0. The first-order chi connectivity index (χ1) is 8.38. The molecule has 1 rings (SSSR count). The first kappa shape index (κ1) is 15.2. The topological polar surface area (TPSA) is 55.4 Å². The predicted octanol–water partition coefficient (Wildman–Crippen LogP) is 1.49. The van der Waals surface area contributed by atoms with Crippen molar-refractivity contribution in [1.82, 2.24) is 5.32 Å². The number of halogens is 2. The van der Waals surface area contributed by atoms with Crippen LogP contribution in [0.15, 0.2) is 18.2 Å². The summed E-state index contributed by atoms with van der Waals surface area (Å²) in [4.78, 5) is 0. The summed E-state index contributed by atoms with van der Waals surface area (Å²) < 4.78 is 39.7. The van der Waals surface area contributed by atoms with Crippen LogP contribution in [0.1, 0.15) is 0 Å². The van der Waals surface area contributed by atoms with Crippen LogP contribution in [0.4, 0.5) is 4.39 Å². The fourth-order valence-electron chi connectivity index (χ4n) is 1.21. The van der Waals surface area contributed by atoms with E-state index in [1.807, 2.05) is 0 Å². The second-order valence-corrected chi connectivity index (χ2v) is 6.47.